The van der Waals surface area contributed by atoms with E-state index in [1.54, 1.807) is 0 Å². The highest BCUT2D eigenvalue weighted by atomic mass is 16.5. The first-order valence-corrected chi connectivity index (χ1v) is 10.2. The van der Waals surface area contributed by atoms with Crippen molar-refractivity contribution in [3.63, 3.8) is 0 Å². The van der Waals surface area contributed by atoms with Crippen molar-refractivity contribution in [1.29, 1.82) is 0 Å². The van der Waals surface area contributed by atoms with E-state index in [-0.39, 0.29) is 5.91 Å². The predicted octanol–water partition coefficient (Wildman–Crippen LogP) is 3.68. The molecular formula is C22H31NO3. The molecule has 1 aliphatic carbocycles. The molecule has 4 heteroatoms. The van der Waals surface area contributed by atoms with E-state index in [2.05, 4.69) is 0 Å². The molecule has 1 atom stereocenters. The van der Waals surface area contributed by atoms with E-state index in [4.69, 9.17) is 9.47 Å². The van der Waals surface area contributed by atoms with Crippen LogP contribution in [0.25, 0.3) is 0 Å². The van der Waals surface area contributed by atoms with Crippen LogP contribution in [-0.2, 0) is 9.47 Å². The molecule has 1 aromatic rings. The van der Waals surface area contributed by atoms with Crippen molar-refractivity contribution >= 4 is 5.91 Å². The van der Waals surface area contributed by atoms with Crippen LogP contribution in [0.3, 0.4) is 0 Å². The highest BCUT2D eigenvalue weighted by Gasteiger charge is 2.44. The molecule has 0 aromatic heterocycles. The number of carbonyl (C=O) groups is 1. The summed E-state index contributed by atoms with van der Waals surface area (Å²) in [6, 6.07) is 7.92. The van der Waals surface area contributed by atoms with E-state index in [0.717, 1.165) is 75.8 Å². The molecule has 1 spiro atoms. The lowest BCUT2D eigenvalue weighted by atomic mass is 9.66. The molecule has 1 saturated carbocycles. The second kappa shape index (κ2) is 7.69. The number of likely N-dealkylation sites (tertiary alicyclic amines) is 1. The van der Waals surface area contributed by atoms with Crippen molar-refractivity contribution in [2.24, 2.45) is 17.3 Å². The van der Waals surface area contributed by atoms with Crippen LogP contribution < -0.4 is 0 Å². The molecule has 0 unspecified atom stereocenters. The third-order valence-corrected chi connectivity index (χ3v) is 6.72. The third kappa shape index (κ3) is 3.81. The van der Waals surface area contributed by atoms with Crippen LogP contribution in [0.2, 0.25) is 0 Å². The molecule has 3 fully saturated rings. The smallest absolute Gasteiger partial charge is 0.254 e. The molecular weight excluding hydrogens is 326 g/mol. The van der Waals surface area contributed by atoms with Crippen molar-refractivity contribution in [3.8, 4) is 0 Å². The Morgan fingerprint density at radius 2 is 1.96 bits per heavy atom. The van der Waals surface area contributed by atoms with Crippen LogP contribution in [0.5, 0.6) is 0 Å². The number of piperidine rings is 1. The van der Waals surface area contributed by atoms with Crippen LogP contribution in [0, 0.1) is 24.2 Å². The molecule has 2 aliphatic heterocycles. The summed E-state index contributed by atoms with van der Waals surface area (Å²) in [4.78, 5) is 15.0. The van der Waals surface area contributed by atoms with Gasteiger partial charge in [0.2, 0.25) is 0 Å². The van der Waals surface area contributed by atoms with Gasteiger partial charge in [-0.05, 0) is 62.0 Å². The molecule has 1 aromatic carbocycles. The highest BCUT2D eigenvalue weighted by Crippen LogP contribution is 2.45. The average molecular weight is 357 g/mol. The number of hydrogen-bond donors (Lipinski definition) is 0. The fraction of sp³-hybridized carbons (Fsp3) is 0.682. The van der Waals surface area contributed by atoms with E-state index >= 15 is 0 Å². The maximum absolute atomic E-state index is 12.9. The van der Waals surface area contributed by atoms with Crippen molar-refractivity contribution in [2.45, 2.75) is 39.0 Å². The van der Waals surface area contributed by atoms with Crippen LogP contribution in [-0.4, -0.2) is 50.3 Å². The normalized spacial score (nSPS) is 25.4. The van der Waals surface area contributed by atoms with Gasteiger partial charge in [-0.3, -0.25) is 4.79 Å². The molecule has 3 aliphatic rings. The molecule has 142 valence electrons. The van der Waals surface area contributed by atoms with E-state index in [1.807, 2.05) is 36.1 Å². The number of carbonyl (C=O) groups excluding carboxylic acids is 1. The number of amides is 1. The third-order valence-electron chi connectivity index (χ3n) is 6.72. The summed E-state index contributed by atoms with van der Waals surface area (Å²) >= 11 is 0. The molecule has 1 amide bonds. The Hall–Kier alpha value is -1.39. The number of ether oxygens (including phenoxy) is 2. The molecule has 2 heterocycles. The van der Waals surface area contributed by atoms with Gasteiger partial charge in [0.05, 0.1) is 13.2 Å². The summed E-state index contributed by atoms with van der Waals surface area (Å²) in [5, 5.41) is 0. The lowest BCUT2D eigenvalue weighted by Crippen LogP contribution is -2.50. The number of nitrogens with zero attached hydrogens (tertiary/aromatic N) is 1. The van der Waals surface area contributed by atoms with Gasteiger partial charge in [-0.2, -0.15) is 0 Å². The van der Waals surface area contributed by atoms with Crippen LogP contribution in [0.15, 0.2) is 24.3 Å². The summed E-state index contributed by atoms with van der Waals surface area (Å²) in [5.41, 5.74) is 2.21. The minimum atomic E-state index is 0.187. The fourth-order valence-electron chi connectivity index (χ4n) is 4.56. The van der Waals surface area contributed by atoms with Gasteiger partial charge in [0.25, 0.3) is 5.91 Å². The van der Waals surface area contributed by atoms with Gasteiger partial charge in [-0.25, -0.2) is 0 Å². The number of hydrogen-bond acceptors (Lipinski definition) is 3. The minimum Gasteiger partial charge on any atom is -0.381 e. The first-order valence-electron chi connectivity index (χ1n) is 10.2. The summed E-state index contributed by atoms with van der Waals surface area (Å²) in [5.74, 6) is 1.47. The molecule has 2 saturated heterocycles. The zero-order valence-corrected chi connectivity index (χ0v) is 15.9. The van der Waals surface area contributed by atoms with Gasteiger partial charge in [0.15, 0.2) is 0 Å². The lowest BCUT2D eigenvalue weighted by Gasteiger charge is -2.49. The SMILES string of the molecule is Cc1ccccc1C(=O)N1CCC2(CCOC[C@H]2COCC2CC2)CC1. The molecule has 26 heavy (non-hydrogen) atoms. The minimum absolute atomic E-state index is 0.187. The van der Waals surface area contributed by atoms with E-state index in [1.165, 1.54) is 12.8 Å². The van der Waals surface area contributed by atoms with Crippen molar-refractivity contribution in [1.82, 2.24) is 4.90 Å². The second-order valence-electron chi connectivity index (χ2n) is 8.47. The molecule has 0 radical (unpaired) electrons. The summed E-state index contributed by atoms with van der Waals surface area (Å²) < 4.78 is 11.8. The Balaban J connectivity index is 1.37. The second-order valence-corrected chi connectivity index (χ2v) is 8.47. The quantitative estimate of drug-likeness (QED) is 0.807. The van der Waals surface area contributed by atoms with Crippen LogP contribution in [0.1, 0.15) is 48.0 Å². The fourth-order valence-corrected chi connectivity index (χ4v) is 4.56. The standard InChI is InChI=1S/C22H31NO3/c1-17-4-2-3-5-20(17)21(24)23-11-8-22(9-12-23)10-13-25-15-19(22)16-26-14-18-6-7-18/h2-5,18-19H,6-16H2,1H3/t19-/m0/s1. The Labute approximate surface area is 156 Å². The van der Waals surface area contributed by atoms with Gasteiger partial charge < -0.3 is 14.4 Å². The van der Waals surface area contributed by atoms with Crippen LogP contribution in [0.4, 0.5) is 0 Å². The van der Waals surface area contributed by atoms with Crippen molar-refractivity contribution < 1.29 is 14.3 Å². The molecule has 0 N–H and O–H groups in total. The Morgan fingerprint density at radius 3 is 2.69 bits per heavy atom. The van der Waals surface area contributed by atoms with Gasteiger partial charge in [0.1, 0.15) is 0 Å². The zero-order valence-electron chi connectivity index (χ0n) is 15.9. The van der Waals surface area contributed by atoms with Gasteiger partial charge in [-0.15, -0.1) is 0 Å². The number of aryl methyl sites for hydroxylation is 1. The average Bonchev–Trinajstić information content (AvgIpc) is 3.48. The lowest BCUT2D eigenvalue weighted by molar-refractivity contribution is -0.0975. The van der Waals surface area contributed by atoms with Gasteiger partial charge in [-0.1, -0.05) is 18.2 Å². The van der Waals surface area contributed by atoms with Gasteiger partial charge >= 0.3 is 0 Å². The van der Waals surface area contributed by atoms with Gasteiger partial charge in [0, 0.05) is 37.8 Å². The maximum atomic E-state index is 12.9. The Morgan fingerprint density at radius 1 is 1.19 bits per heavy atom. The van der Waals surface area contributed by atoms with Crippen molar-refractivity contribution in [2.75, 3.05) is 39.5 Å². The largest absolute Gasteiger partial charge is 0.381 e. The van der Waals surface area contributed by atoms with Crippen molar-refractivity contribution in [3.05, 3.63) is 35.4 Å². The number of benzene rings is 1. The monoisotopic (exact) mass is 357 g/mol. The first kappa shape index (κ1) is 18.0. The Kier molecular flexibility index (Phi) is 5.32. The predicted molar refractivity (Wildman–Crippen MR) is 101 cm³/mol. The van der Waals surface area contributed by atoms with E-state index in [9.17, 15) is 4.79 Å². The summed E-state index contributed by atoms with van der Waals surface area (Å²) in [6.07, 6.45) is 5.93. The topological polar surface area (TPSA) is 38.8 Å². The van der Waals surface area contributed by atoms with E-state index < -0.39 is 0 Å². The summed E-state index contributed by atoms with van der Waals surface area (Å²) in [7, 11) is 0. The van der Waals surface area contributed by atoms with Crippen LogP contribution >= 0.6 is 0 Å². The Bertz CT molecular complexity index is 632. The zero-order chi connectivity index (χ0) is 18.0. The van der Waals surface area contributed by atoms with E-state index in [0.29, 0.717) is 11.3 Å². The molecule has 4 nitrogen and oxygen atoms in total. The summed E-state index contributed by atoms with van der Waals surface area (Å²) in [6.45, 7) is 7.14. The first-order chi connectivity index (χ1) is 12.7. The number of rotatable bonds is 5. The maximum Gasteiger partial charge on any atom is 0.254 e. The highest BCUT2D eigenvalue weighted by molar-refractivity contribution is 5.95. The molecule has 0 bridgehead atoms. The molecule has 4 rings (SSSR count).